The molecule has 0 radical (unpaired) electrons. The van der Waals surface area contributed by atoms with Gasteiger partial charge < -0.3 is 5.11 Å². The Balaban J connectivity index is 0.000000299. The average molecular weight is 308 g/mol. The Kier molecular flexibility index (Phi) is 13.0. The van der Waals surface area contributed by atoms with Crippen LogP contribution in [0.5, 0.6) is 0 Å². The summed E-state index contributed by atoms with van der Waals surface area (Å²) in [5.74, 6) is 0. The fourth-order valence-corrected chi connectivity index (χ4v) is 1.60. The molecule has 0 aliphatic heterocycles. The van der Waals surface area contributed by atoms with Crippen LogP contribution in [-0.2, 0) is 0 Å². The molecule has 0 aliphatic carbocycles. The molecule has 0 amide bonds. The van der Waals surface area contributed by atoms with Crippen LogP contribution in [0.2, 0.25) is 0 Å². The number of benzene rings is 3. The van der Waals surface area contributed by atoms with Gasteiger partial charge in [0.15, 0.2) is 0 Å². The van der Waals surface area contributed by atoms with E-state index >= 15 is 0 Å². The normalized spacial score (nSPS) is 8.22. The van der Waals surface area contributed by atoms with Crippen molar-refractivity contribution in [2.45, 2.75) is 20.8 Å². The van der Waals surface area contributed by atoms with Crippen LogP contribution in [0.25, 0.3) is 0 Å². The summed E-state index contributed by atoms with van der Waals surface area (Å²) in [6.45, 7) is 6.25. The van der Waals surface area contributed by atoms with Crippen LogP contribution in [0.15, 0.2) is 91.0 Å². The maximum absolute atomic E-state index is 7.00. The lowest BCUT2D eigenvalue weighted by Crippen LogP contribution is -1.62. The third-order valence-electron chi connectivity index (χ3n) is 2.82. The number of aryl methyl sites for hydroxylation is 3. The lowest BCUT2D eigenvalue weighted by atomic mass is 10.2. The Morgan fingerprint density at radius 3 is 0.652 bits per heavy atom. The third-order valence-corrected chi connectivity index (χ3v) is 2.82. The highest BCUT2D eigenvalue weighted by Gasteiger charge is 1.73. The van der Waals surface area contributed by atoms with Gasteiger partial charge in [-0.2, -0.15) is 0 Å². The highest BCUT2D eigenvalue weighted by Crippen LogP contribution is 1.93. The molecule has 3 rings (SSSR count). The van der Waals surface area contributed by atoms with Gasteiger partial charge in [-0.3, -0.25) is 0 Å². The van der Waals surface area contributed by atoms with E-state index in [9.17, 15) is 0 Å². The highest BCUT2D eigenvalue weighted by atomic mass is 16.2. The van der Waals surface area contributed by atoms with Gasteiger partial charge in [0.1, 0.15) is 0 Å². The smallest absolute Gasteiger partial charge is 0.0319 e. The van der Waals surface area contributed by atoms with Crippen molar-refractivity contribution >= 4 is 0 Å². The van der Waals surface area contributed by atoms with E-state index in [1.54, 1.807) is 0 Å². The van der Waals surface area contributed by atoms with Gasteiger partial charge >= 0.3 is 0 Å². The lowest BCUT2D eigenvalue weighted by Gasteiger charge is -1.82. The fourth-order valence-electron chi connectivity index (χ4n) is 1.60. The molecule has 0 heterocycles. The molecule has 1 heteroatoms. The second-order valence-electron chi connectivity index (χ2n) is 4.96. The first-order valence-corrected chi connectivity index (χ1v) is 7.68. The molecule has 0 aliphatic rings. The topological polar surface area (TPSA) is 20.2 Å². The standard InChI is InChI=1S/3C7H8.CH4O/c3*1-7-5-3-2-4-6-7;1-2/h3*2-6H,1H3;2H,1H3. The second kappa shape index (κ2) is 14.6. The number of hydrogen-bond acceptors (Lipinski definition) is 1. The minimum atomic E-state index is 1.00. The summed E-state index contributed by atoms with van der Waals surface area (Å²) in [6.07, 6.45) is 0. The summed E-state index contributed by atoms with van der Waals surface area (Å²) in [6, 6.07) is 30.8. The third kappa shape index (κ3) is 13.0. The second-order valence-corrected chi connectivity index (χ2v) is 4.96. The summed E-state index contributed by atoms with van der Waals surface area (Å²) in [7, 11) is 1.00. The van der Waals surface area contributed by atoms with Crippen molar-refractivity contribution in [1.29, 1.82) is 0 Å². The largest absolute Gasteiger partial charge is 0.400 e. The lowest BCUT2D eigenvalue weighted by molar-refractivity contribution is 0.399. The Hall–Kier alpha value is -2.38. The minimum absolute atomic E-state index is 1.00. The first kappa shape index (κ1) is 20.6. The van der Waals surface area contributed by atoms with Gasteiger partial charge in [-0.1, -0.05) is 108 Å². The summed E-state index contributed by atoms with van der Waals surface area (Å²) < 4.78 is 0. The van der Waals surface area contributed by atoms with Crippen molar-refractivity contribution in [1.82, 2.24) is 0 Å². The van der Waals surface area contributed by atoms with Crippen molar-refractivity contribution in [2.24, 2.45) is 0 Å². The van der Waals surface area contributed by atoms with Crippen LogP contribution in [0.3, 0.4) is 0 Å². The van der Waals surface area contributed by atoms with Gasteiger partial charge in [0.05, 0.1) is 0 Å². The molecule has 0 bridgehead atoms. The molecule has 0 saturated heterocycles. The Morgan fingerprint density at radius 2 is 0.565 bits per heavy atom. The zero-order valence-corrected chi connectivity index (χ0v) is 14.6. The first-order chi connectivity index (χ1) is 11.2. The molecular weight excluding hydrogens is 280 g/mol. The van der Waals surface area contributed by atoms with Gasteiger partial charge in [-0.25, -0.2) is 0 Å². The first-order valence-electron chi connectivity index (χ1n) is 7.68. The van der Waals surface area contributed by atoms with E-state index in [0.29, 0.717) is 0 Å². The SMILES string of the molecule is CO.Cc1ccccc1.Cc1ccccc1.Cc1ccccc1. The molecule has 23 heavy (non-hydrogen) atoms. The van der Waals surface area contributed by atoms with E-state index in [1.807, 2.05) is 54.6 Å². The van der Waals surface area contributed by atoms with Crippen LogP contribution in [0, 0.1) is 20.8 Å². The maximum Gasteiger partial charge on any atom is 0.0319 e. The van der Waals surface area contributed by atoms with E-state index in [-0.39, 0.29) is 0 Å². The molecule has 0 aromatic heterocycles. The van der Waals surface area contributed by atoms with Gasteiger partial charge in [0, 0.05) is 7.11 Å². The molecule has 0 spiro atoms. The number of rotatable bonds is 0. The van der Waals surface area contributed by atoms with E-state index < -0.39 is 0 Å². The maximum atomic E-state index is 7.00. The summed E-state index contributed by atoms with van der Waals surface area (Å²) in [4.78, 5) is 0. The van der Waals surface area contributed by atoms with Crippen LogP contribution >= 0.6 is 0 Å². The van der Waals surface area contributed by atoms with E-state index in [0.717, 1.165) is 7.11 Å². The molecule has 3 aromatic carbocycles. The van der Waals surface area contributed by atoms with Gasteiger partial charge in [-0.05, 0) is 20.8 Å². The molecule has 0 saturated carbocycles. The molecule has 0 unspecified atom stereocenters. The predicted octanol–water partition coefficient (Wildman–Crippen LogP) is 5.59. The van der Waals surface area contributed by atoms with Gasteiger partial charge in [0.2, 0.25) is 0 Å². The zero-order valence-electron chi connectivity index (χ0n) is 14.6. The van der Waals surface area contributed by atoms with Crippen molar-refractivity contribution in [2.75, 3.05) is 7.11 Å². The molecule has 0 fully saturated rings. The molecule has 1 N–H and O–H groups in total. The van der Waals surface area contributed by atoms with Crippen LogP contribution in [0.4, 0.5) is 0 Å². The van der Waals surface area contributed by atoms with Crippen molar-refractivity contribution in [3.8, 4) is 0 Å². The summed E-state index contributed by atoms with van der Waals surface area (Å²) in [5, 5.41) is 7.00. The monoisotopic (exact) mass is 308 g/mol. The predicted molar refractivity (Wildman–Crippen MR) is 102 cm³/mol. The van der Waals surface area contributed by atoms with Gasteiger partial charge in [0.25, 0.3) is 0 Å². The minimum Gasteiger partial charge on any atom is -0.400 e. The number of hydrogen-bond donors (Lipinski definition) is 1. The molecule has 3 aromatic rings. The van der Waals surface area contributed by atoms with Crippen LogP contribution in [-0.4, -0.2) is 12.2 Å². The zero-order chi connectivity index (χ0) is 17.3. The number of aliphatic hydroxyl groups is 1. The number of aliphatic hydroxyl groups excluding tert-OH is 1. The average Bonchev–Trinajstić information content (AvgIpc) is 2.60. The molecule has 122 valence electrons. The van der Waals surface area contributed by atoms with E-state index in [2.05, 4.69) is 57.2 Å². The van der Waals surface area contributed by atoms with Gasteiger partial charge in [-0.15, -0.1) is 0 Å². The Morgan fingerprint density at radius 1 is 0.391 bits per heavy atom. The Labute approximate surface area is 141 Å². The van der Waals surface area contributed by atoms with Crippen LogP contribution < -0.4 is 0 Å². The quantitative estimate of drug-likeness (QED) is 0.573. The summed E-state index contributed by atoms with van der Waals surface area (Å²) in [5.41, 5.74) is 3.97. The summed E-state index contributed by atoms with van der Waals surface area (Å²) >= 11 is 0. The highest BCUT2D eigenvalue weighted by molar-refractivity contribution is 5.12. The van der Waals surface area contributed by atoms with Crippen molar-refractivity contribution in [3.05, 3.63) is 108 Å². The molecule has 0 atom stereocenters. The molecular formula is C22H28O. The molecule has 1 nitrogen and oxygen atoms in total. The van der Waals surface area contributed by atoms with Crippen molar-refractivity contribution in [3.63, 3.8) is 0 Å². The van der Waals surface area contributed by atoms with E-state index in [1.165, 1.54) is 16.7 Å². The van der Waals surface area contributed by atoms with E-state index in [4.69, 9.17) is 5.11 Å². The fraction of sp³-hybridized carbons (Fsp3) is 0.182. The van der Waals surface area contributed by atoms with Crippen molar-refractivity contribution < 1.29 is 5.11 Å². The van der Waals surface area contributed by atoms with Crippen LogP contribution in [0.1, 0.15) is 16.7 Å². The Bertz CT molecular complexity index is 485.